The zero-order chi connectivity index (χ0) is 10.4. The molecule has 1 aromatic heterocycles. The number of terminal acetylenes is 1. The van der Waals surface area contributed by atoms with Crippen LogP contribution in [0.15, 0.2) is 18.3 Å². The topological polar surface area (TPSA) is 34.1 Å². The number of ether oxygens (including phenoxy) is 1. The minimum absolute atomic E-state index is 0.0604. The van der Waals surface area contributed by atoms with Crippen LogP contribution in [0.1, 0.15) is 13.3 Å². The van der Waals surface area contributed by atoms with E-state index in [1.165, 1.54) is 0 Å². The van der Waals surface area contributed by atoms with Crippen LogP contribution in [0.4, 0.5) is 5.69 Å². The molecule has 1 unspecified atom stereocenters. The van der Waals surface area contributed by atoms with E-state index >= 15 is 0 Å². The van der Waals surface area contributed by atoms with Crippen molar-refractivity contribution >= 4 is 5.69 Å². The maximum atomic E-state index is 5.33. The molecular weight excluding hydrogens is 176 g/mol. The van der Waals surface area contributed by atoms with Gasteiger partial charge in [0.2, 0.25) is 5.88 Å². The molecule has 0 spiro atoms. The van der Waals surface area contributed by atoms with Crippen molar-refractivity contribution in [1.82, 2.24) is 4.98 Å². The van der Waals surface area contributed by atoms with Gasteiger partial charge in [-0.3, -0.25) is 0 Å². The molecule has 1 rings (SSSR count). The van der Waals surface area contributed by atoms with Gasteiger partial charge in [0.05, 0.1) is 25.0 Å². The molecule has 0 aliphatic carbocycles. The first-order chi connectivity index (χ1) is 6.80. The van der Waals surface area contributed by atoms with Gasteiger partial charge in [0.1, 0.15) is 0 Å². The zero-order valence-corrected chi connectivity index (χ0v) is 8.45. The average Bonchev–Trinajstić information content (AvgIpc) is 2.26. The van der Waals surface area contributed by atoms with Crippen molar-refractivity contribution < 1.29 is 4.74 Å². The zero-order valence-electron chi connectivity index (χ0n) is 8.45. The summed E-state index contributed by atoms with van der Waals surface area (Å²) >= 11 is 0. The summed E-state index contributed by atoms with van der Waals surface area (Å²) in [6.07, 6.45) is 7.93. The molecule has 74 valence electrons. The molecule has 14 heavy (non-hydrogen) atoms. The van der Waals surface area contributed by atoms with Crippen LogP contribution in [-0.2, 0) is 0 Å². The molecule has 1 aromatic rings. The van der Waals surface area contributed by atoms with Crippen LogP contribution >= 0.6 is 0 Å². The van der Waals surface area contributed by atoms with Crippen LogP contribution in [0.3, 0.4) is 0 Å². The predicted molar refractivity (Wildman–Crippen MR) is 57.3 cm³/mol. The molecule has 0 bridgehead atoms. The number of aromatic nitrogens is 1. The van der Waals surface area contributed by atoms with Crippen LogP contribution in [0.25, 0.3) is 0 Å². The molecule has 0 amide bonds. The third-order valence-electron chi connectivity index (χ3n) is 1.90. The quantitative estimate of drug-likeness (QED) is 0.736. The lowest BCUT2D eigenvalue weighted by Gasteiger charge is -2.11. The van der Waals surface area contributed by atoms with Gasteiger partial charge in [-0.2, -0.15) is 0 Å². The fourth-order valence-corrected chi connectivity index (χ4v) is 1.05. The lowest BCUT2D eigenvalue weighted by atomic mass is 10.2. The van der Waals surface area contributed by atoms with Crippen molar-refractivity contribution in [2.45, 2.75) is 19.4 Å². The van der Waals surface area contributed by atoms with E-state index < -0.39 is 0 Å². The molecule has 0 saturated heterocycles. The van der Waals surface area contributed by atoms with Crippen molar-refractivity contribution in [3.05, 3.63) is 18.3 Å². The highest BCUT2D eigenvalue weighted by Gasteiger charge is 2.01. The molecule has 0 saturated carbocycles. The molecule has 3 nitrogen and oxygen atoms in total. The maximum absolute atomic E-state index is 5.33. The highest BCUT2D eigenvalue weighted by atomic mass is 16.5. The third-order valence-corrected chi connectivity index (χ3v) is 1.90. The Labute approximate surface area is 84.5 Å². The van der Waals surface area contributed by atoms with E-state index in [2.05, 4.69) is 16.2 Å². The van der Waals surface area contributed by atoms with Crippen molar-refractivity contribution in [1.29, 1.82) is 0 Å². The van der Waals surface area contributed by atoms with E-state index in [1.54, 1.807) is 19.4 Å². The summed E-state index contributed by atoms with van der Waals surface area (Å²) in [5.41, 5.74) is 0.913. The fourth-order valence-electron chi connectivity index (χ4n) is 1.05. The molecule has 1 N–H and O–H groups in total. The Balaban J connectivity index is 2.64. The molecule has 0 aliphatic heterocycles. The van der Waals surface area contributed by atoms with Crippen molar-refractivity contribution in [2.75, 3.05) is 12.4 Å². The highest BCUT2D eigenvalue weighted by molar-refractivity contribution is 5.44. The summed E-state index contributed by atoms with van der Waals surface area (Å²) in [4.78, 5) is 4.07. The van der Waals surface area contributed by atoms with Gasteiger partial charge in [0.25, 0.3) is 0 Å². The van der Waals surface area contributed by atoms with Crippen LogP contribution in [0.5, 0.6) is 5.88 Å². The molecule has 1 heterocycles. The van der Waals surface area contributed by atoms with Gasteiger partial charge in [0.15, 0.2) is 0 Å². The van der Waals surface area contributed by atoms with Crippen LogP contribution in [0, 0.1) is 12.3 Å². The Bertz CT molecular complexity index is 313. The lowest BCUT2D eigenvalue weighted by Crippen LogP contribution is -2.15. The van der Waals surface area contributed by atoms with Gasteiger partial charge < -0.3 is 10.1 Å². The van der Waals surface area contributed by atoms with Gasteiger partial charge in [-0.05, 0) is 12.5 Å². The smallest absolute Gasteiger partial charge is 0.213 e. The van der Waals surface area contributed by atoms with E-state index in [4.69, 9.17) is 11.2 Å². The molecule has 0 radical (unpaired) electrons. The second-order valence-corrected chi connectivity index (χ2v) is 2.86. The number of pyridine rings is 1. The standard InChI is InChI=1S/C11H14N2O/c1-4-9(5-2)13-10-6-7-11(14-3)12-8-10/h1,6-9,13H,5H2,2-3H3. The Morgan fingerprint density at radius 3 is 2.86 bits per heavy atom. The van der Waals surface area contributed by atoms with E-state index in [9.17, 15) is 0 Å². The van der Waals surface area contributed by atoms with Gasteiger partial charge >= 0.3 is 0 Å². The van der Waals surface area contributed by atoms with Crippen molar-refractivity contribution in [3.8, 4) is 18.2 Å². The Morgan fingerprint density at radius 1 is 1.64 bits per heavy atom. The van der Waals surface area contributed by atoms with E-state index in [0.717, 1.165) is 12.1 Å². The largest absolute Gasteiger partial charge is 0.481 e. The summed E-state index contributed by atoms with van der Waals surface area (Å²) in [6.45, 7) is 2.04. The first kappa shape index (κ1) is 10.4. The number of methoxy groups -OCH3 is 1. The molecule has 0 fully saturated rings. The molecule has 3 heteroatoms. The average molecular weight is 190 g/mol. The Morgan fingerprint density at radius 2 is 2.43 bits per heavy atom. The normalized spacial score (nSPS) is 11.5. The first-order valence-electron chi connectivity index (χ1n) is 4.52. The number of hydrogen-bond acceptors (Lipinski definition) is 3. The summed E-state index contributed by atoms with van der Waals surface area (Å²) in [5, 5.41) is 3.18. The second kappa shape index (κ2) is 5.13. The van der Waals surface area contributed by atoms with Gasteiger partial charge in [-0.25, -0.2) is 4.98 Å². The molecule has 0 aromatic carbocycles. The third kappa shape index (κ3) is 2.67. The number of hydrogen-bond donors (Lipinski definition) is 1. The lowest BCUT2D eigenvalue weighted by molar-refractivity contribution is 0.398. The van der Waals surface area contributed by atoms with Gasteiger partial charge in [-0.1, -0.05) is 12.8 Å². The number of anilines is 1. The van der Waals surface area contributed by atoms with Crippen molar-refractivity contribution in [3.63, 3.8) is 0 Å². The van der Waals surface area contributed by atoms with Crippen LogP contribution in [-0.4, -0.2) is 18.1 Å². The van der Waals surface area contributed by atoms with E-state index in [-0.39, 0.29) is 6.04 Å². The first-order valence-corrected chi connectivity index (χ1v) is 4.52. The highest BCUT2D eigenvalue weighted by Crippen LogP contribution is 2.12. The van der Waals surface area contributed by atoms with Crippen molar-refractivity contribution in [2.24, 2.45) is 0 Å². The SMILES string of the molecule is C#CC(CC)Nc1ccc(OC)nc1. The number of nitrogens with one attached hydrogen (secondary N) is 1. The van der Waals surface area contributed by atoms with Crippen LogP contribution in [0.2, 0.25) is 0 Å². The predicted octanol–water partition coefficient (Wildman–Crippen LogP) is 1.91. The number of rotatable bonds is 4. The summed E-state index contributed by atoms with van der Waals surface area (Å²) < 4.78 is 4.95. The Kier molecular flexibility index (Phi) is 3.81. The Hall–Kier alpha value is -1.69. The summed E-state index contributed by atoms with van der Waals surface area (Å²) in [5.74, 6) is 3.26. The summed E-state index contributed by atoms with van der Waals surface area (Å²) in [6, 6.07) is 3.75. The maximum Gasteiger partial charge on any atom is 0.213 e. The molecule has 0 aliphatic rings. The monoisotopic (exact) mass is 190 g/mol. The minimum atomic E-state index is 0.0604. The van der Waals surface area contributed by atoms with Crippen LogP contribution < -0.4 is 10.1 Å². The van der Waals surface area contributed by atoms with E-state index in [1.807, 2.05) is 13.0 Å². The summed E-state index contributed by atoms with van der Waals surface area (Å²) in [7, 11) is 1.59. The molecule has 1 atom stereocenters. The minimum Gasteiger partial charge on any atom is -0.481 e. The fraction of sp³-hybridized carbons (Fsp3) is 0.364. The second-order valence-electron chi connectivity index (χ2n) is 2.86. The number of nitrogens with zero attached hydrogens (tertiary/aromatic N) is 1. The van der Waals surface area contributed by atoms with E-state index in [0.29, 0.717) is 5.88 Å². The van der Waals surface area contributed by atoms with Gasteiger partial charge in [0, 0.05) is 6.07 Å². The molecular formula is C11H14N2O. The van der Waals surface area contributed by atoms with Gasteiger partial charge in [-0.15, -0.1) is 6.42 Å².